The van der Waals surface area contributed by atoms with Gasteiger partial charge in [0.05, 0.1) is 0 Å². The Balaban J connectivity index is 1.78. The van der Waals surface area contributed by atoms with Crippen molar-refractivity contribution in [3.63, 3.8) is 0 Å². The number of fused-ring (bicyclic) bond motifs is 1. The van der Waals surface area contributed by atoms with Gasteiger partial charge in [0.25, 0.3) is 0 Å². The second-order valence-electron chi connectivity index (χ2n) is 6.58. The first-order chi connectivity index (χ1) is 12.9. The molecule has 1 aliphatic carbocycles. The fourth-order valence-electron chi connectivity index (χ4n) is 3.88. The van der Waals surface area contributed by atoms with E-state index in [1.165, 1.54) is 44.5 Å². The van der Waals surface area contributed by atoms with Crippen molar-refractivity contribution < 1.29 is 0 Å². The number of hydrogen-bond acceptors (Lipinski definition) is 0. The van der Waals surface area contributed by atoms with Crippen molar-refractivity contribution in [1.29, 1.82) is 0 Å². The van der Waals surface area contributed by atoms with Gasteiger partial charge in [0.2, 0.25) is 0 Å². The van der Waals surface area contributed by atoms with Crippen molar-refractivity contribution in [3.8, 4) is 11.1 Å². The first-order valence-corrected chi connectivity index (χ1v) is 8.98. The average molecular weight is 330 g/mol. The third-order valence-electron chi connectivity index (χ3n) is 5.04. The van der Waals surface area contributed by atoms with Gasteiger partial charge in [0, 0.05) is 0 Å². The third-order valence-corrected chi connectivity index (χ3v) is 5.04. The van der Waals surface area contributed by atoms with Crippen LogP contribution in [0.3, 0.4) is 0 Å². The SMILES string of the molecule is c1ccc(C2=C(c3ccccc3)c3c2cccc3-c2ccccc2)cc1. The molecule has 0 saturated heterocycles. The highest BCUT2D eigenvalue weighted by atomic mass is 14.3. The molecule has 122 valence electrons. The molecule has 0 spiro atoms. The lowest BCUT2D eigenvalue weighted by Crippen LogP contribution is -2.11. The summed E-state index contributed by atoms with van der Waals surface area (Å²) >= 11 is 0. The van der Waals surface area contributed by atoms with Crippen LogP contribution in [-0.2, 0) is 0 Å². The van der Waals surface area contributed by atoms with Crippen molar-refractivity contribution in [2.24, 2.45) is 0 Å². The largest absolute Gasteiger partial charge is 0.0622 e. The summed E-state index contributed by atoms with van der Waals surface area (Å²) in [5.41, 5.74) is 10.5. The van der Waals surface area contributed by atoms with Crippen LogP contribution >= 0.6 is 0 Å². The standard InChI is InChI=1S/C26H18/c1-4-11-19(12-5-1)22-17-10-18-23-24(20-13-6-2-7-14-20)25(26(22)23)21-15-8-3-9-16-21/h1-18H. The summed E-state index contributed by atoms with van der Waals surface area (Å²) in [6.07, 6.45) is 0. The first-order valence-electron chi connectivity index (χ1n) is 8.98. The Labute approximate surface area is 154 Å². The van der Waals surface area contributed by atoms with E-state index in [0.29, 0.717) is 0 Å². The van der Waals surface area contributed by atoms with Crippen LogP contribution in [0.15, 0.2) is 109 Å². The minimum absolute atomic E-state index is 1.27. The lowest BCUT2D eigenvalue weighted by Gasteiger charge is -2.31. The molecule has 0 atom stereocenters. The maximum Gasteiger partial charge on any atom is -0.00139 e. The number of hydrogen-bond donors (Lipinski definition) is 0. The van der Waals surface area contributed by atoms with Gasteiger partial charge in [-0.15, -0.1) is 0 Å². The Morgan fingerprint density at radius 2 is 0.769 bits per heavy atom. The Kier molecular flexibility index (Phi) is 3.54. The zero-order valence-corrected chi connectivity index (χ0v) is 14.4. The molecule has 1 aliphatic rings. The van der Waals surface area contributed by atoms with Gasteiger partial charge < -0.3 is 0 Å². The van der Waals surface area contributed by atoms with Gasteiger partial charge in [-0.1, -0.05) is 109 Å². The molecule has 0 aliphatic heterocycles. The van der Waals surface area contributed by atoms with Crippen LogP contribution in [0.4, 0.5) is 0 Å². The predicted molar refractivity (Wildman–Crippen MR) is 110 cm³/mol. The molecule has 0 fully saturated rings. The Bertz CT molecular complexity index is 1090. The molecule has 0 heteroatoms. The fourth-order valence-corrected chi connectivity index (χ4v) is 3.88. The van der Waals surface area contributed by atoms with E-state index in [4.69, 9.17) is 0 Å². The summed E-state index contributed by atoms with van der Waals surface area (Å²) in [5.74, 6) is 0. The topological polar surface area (TPSA) is 0 Å². The van der Waals surface area contributed by atoms with Gasteiger partial charge in [-0.3, -0.25) is 0 Å². The Morgan fingerprint density at radius 3 is 1.35 bits per heavy atom. The third kappa shape index (κ3) is 2.31. The Hall–Kier alpha value is -3.38. The van der Waals surface area contributed by atoms with E-state index in [9.17, 15) is 0 Å². The summed E-state index contributed by atoms with van der Waals surface area (Å²) in [4.78, 5) is 0. The molecule has 4 aromatic rings. The second kappa shape index (κ2) is 6.16. The van der Waals surface area contributed by atoms with Gasteiger partial charge in [0.15, 0.2) is 0 Å². The van der Waals surface area contributed by atoms with Crippen molar-refractivity contribution in [3.05, 3.63) is 131 Å². The Morgan fingerprint density at radius 1 is 0.308 bits per heavy atom. The molecule has 26 heavy (non-hydrogen) atoms. The predicted octanol–water partition coefficient (Wildman–Crippen LogP) is 6.67. The van der Waals surface area contributed by atoms with Crippen molar-refractivity contribution in [2.45, 2.75) is 0 Å². The van der Waals surface area contributed by atoms with Crippen molar-refractivity contribution >= 4 is 11.1 Å². The molecule has 0 bridgehead atoms. The second-order valence-corrected chi connectivity index (χ2v) is 6.58. The summed E-state index contributed by atoms with van der Waals surface area (Å²) in [6.45, 7) is 0. The lowest BCUT2D eigenvalue weighted by atomic mass is 9.71. The van der Waals surface area contributed by atoms with Gasteiger partial charge in [-0.25, -0.2) is 0 Å². The minimum Gasteiger partial charge on any atom is -0.0622 e. The van der Waals surface area contributed by atoms with E-state index < -0.39 is 0 Å². The lowest BCUT2D eigenvalue weighted by molar-refractivity contribution is 1.42. The van der Waals surface area contributed by atoms with Gasteiger partial charge in [0.1, 0.15) is 0 Å². The number of benzene rings is 4. The van der Waals surface area contributed by atoms with Crippen LogP contribution < -0.4 is 0 Å². The quantitative estimate of drug-likeness (QED) is 0.346. The highest BCUT2D eigenvalue weighted by molar-refractivity contribution is 6.17. The van der Waals surface area contributed by atoms with Crippen LogP contribution in [0, 0.1) is 0 Å². The molecule has 0 amide bonds. The fraction of sp³-hybridized carbons (Fsp3) is 0. The molecule has 0 saturated carbocycles. The van der Waals surface area contributed by atoms with Crippen LogP contribution in [-0.4, -0.2) is 0 Å². The van der Waals surface area contributed by atoms with Crippen molar-refractivity contribution in [2.75, 3.05) is 0 Å². The van der Waals surface area contributed by atoms with E-state index in [-0.39, 0.29) is 0 Å². The maximum absolute atomic E-state index is 2.25. The normalized spacial score (nSPS) is 12.5. The monoisotopic (exact) mass is 330 g/mol. The minimum atomic E-state index is 1.27. The van der Waals surface area contributed by atoms with Gasteiger partial charge >= 0.3 is 0 Å². The zero-order chi connectivity index (χ0) is 17.3. The van der Waals surface area contributed by atoms with Crippen LogP contribution in [0.5, 0.6) is 0 Å². The smallest absolute Gasteiger partial charge is 0.00139 e. The first kappa shape index (κ1) is 14.9. The summed E-state index contributed by atoms with van der Waals surface area (Å²) in [6, 6.07) is 38.8. The van der Waals surface area contributed by atoms with E-state index in [2.05, 4.69) is 109 Å². The summed E-state index contributed by atoms with van der Waals surface area (Å²) < 4.78 is 0. The van der Waals surface area contributed by atoms with E-state index in [0.717, 1.165) is 0 Å². The van der Waals surface area contributed by atoms with Gasteiger partial charge in [-0.05, 0) is 44.5 Å². The molecule has 0 radical (unpaired) electrons. The summed E-state index contributed by atoms with van der Waals surface area (Å²) in [5, 5.41) is 0. The van der Waals surface area contributed by atoms with Crippen LogP contribution in [0.2, 0.25) is 0 Å². The molecule has 0 aromatic heterocycles. The highest BCUT2D eigenvalue weighted by Gasteiger charge is 2.30. The molecule has 0 heterocycles. The molecular weight excluding hydrogens is 312 g/mol. The van der Waals surface area contributed by atoms with Gasteiger partial charge in [-0.2, -0.15) is 0 Å². The molecule has 0 unspecified atom stereocenters. The molecule has 0 nitrogen and oxygen atoms in total. The number of rotatable bonds is 3. The van der Waals surface area contributed by atoms with E-state index >= 15 is 0 Å². The van der Waals surface area contributed by atoms with Crippen LogP contribution in [0.1, 0.15) is 22.3 Å². The van der Waals surface area contributed by atoms with E-state index in [1.807, 2.05) is 0 Å². The maximum atomic E-state index is 2.25. The molecular formula is C26H18. The molecule has 0 N–H and O–H groups in total. The zero-order valence-electron chi connectivity index (χ0n) is 14.4. The average Bonchev–Trinajstić information content (AvgIpc) is 2.71. The highest BCUT2D eigenvalue weighted by Crippen LogP contribution is 2.51. The summed E-state index contributed by atoms with van der Waals surface area (Å²) in [7, 11) is 0. The molecule has 5 rings (SSSR count). The van der Waals surface area contributed by atoms with Crippen LogP contribution in [0.25, 0.3) is 22.3 Å². The molecule has 4 aromatic carbocycles. The van der Waals surface area contributed by atoms with Crippen molar-refractivity contribution in [1.82, 2.24) is 0 Å². The van der Waals surface area contributed by atoms with E-state index in [1.54, 1.807) is 0 Å².